The second-order valence-corrected chi connectivity index (χ2v) is 8.49. The number of methoxy groups -OCH3 is 1. The van der Waals surface area contributed by atoms with Crippen LogP contribution in [0.3, 0.4) is 0 Å². The zero-order chi connectivity index (χ0) is 18.5. The fourth-order valence-corrected chi connectivity index (χ4v) is 4.81. The molecule has 1 saturated heterocycles. The van der Waals surface area contributed by atoms with E-state index in [4.69, 9.17) is 18.9 Å². The first kappa shape index (κ1) is 17.9. The van der Waals surface area contributed by atoms with E-state index in [1.165, 1.54) is 0 Å². The Hall–Kier alpha value is -1.46. The van der Waals surface area contributed by atoms with Gasteiger partial charge in [0, 0.05) is 18.1 Å². The van der Waals surface area contributed by atoms with Gasteiger partial charge in [0.15, 0.2) is 11.5 Å². The number of hydrogen-bond acceptors (Lipinski definition) is 5. The van der Waals surface area contributed by atoms with Crippen molar-refractivity contribution in [2.75, 3.05) is 20.3 Å². The maximum absolute atomic E-state index is 10.6. The highest BCUT2D eigenvalue weighted by Gasteiger charge is 2.51. The monoisotopic (exact) mass is 362 g/mol. The molecule has 2 heterocycles. The predicted octanol–water partition coefficient (Wildman–Crippen LogP) is 3.73. The molecule has 0 radical (unpaired) electrons. The number of aliphatic hydroxyl groups is 1. The van der Waals surface area contributed by atoms with Gasteiger partial charge in [0.2, 0.25) is 0 Å². The standard InChI is InChI=1S/C21H30O5/c1-12-14-8-13(9-16(12)22)21(2,3)26-20(14)15-10-18-19(11-17(15)23-4)25-7-5-6-24-18/h10-14,16,20,22H,5-9H2,1-4H3/t12-,13-,14-,16-,20+/m0/s1. The summed E-state index contributed by atoms with van der Waals surface area (Å²) in [6.07, 6.45) is 2.34. The maximum atomic E-state index is 10.6. The molecule has 0 aromatic heterocycles. The Labute approximate surface area is 155 Å². The number of rotatable bonds is 2. The lowest BCUT2D eigenvalue weighted by molar-refractivity contribution is -0.215. The number of benzene rings is 1. The van der Waals surface area contributed by atoms with Crippen LogP contribution in [0.1, 0.15) is 51.7 Å². The van der Waals surface area contributed by atoms with Gasteiger partial charge in [-0.1, -0.05) is 6.92 Å². The van der Waals surface area contributed by atoms with Crippen LogP contribution in [0.25, 0.3) is 0 Å². The van der Waals surface area contributed by atoms with E-state index in [-0.39, 0.29) is 29.6 Å². The summed E-state index contributed by atoms with van der Waals surface area (Å²) in [6, 6.07) is 3.94. The topological polar surface area (TPSA) is 57.2 Å². The predicted molar refractivity (Wildman–Crippen MR) is 97.9 cm³/mol. The Balaban J connectivity index is 1.76. The number of aliphatic hydroxyl groups excluding tert-OH is 1. The molecular formula is C21H30O5. The lowest BCUT2D eigenvalue weighted by Crippen LogP contribution is -2.52. The van der Waals surface area contributed by atoms with Crippen molar-refractivity contribution in [3.63, 3.8) is 0 Å². The first-order valence-electron chi connectivity index (χ1n) is 9.74. The quantitative estimate of drug-likeness (QED) is 0.869. The van der Waals surface area contributed by atoms with Gasteiger partial charge in [0.25, 0.3) is 0 Å². The molecule has 5 atom stereocenters. The van der Waals surface area contributed by atoms with Crippen LogP contribution in [0.4, 0.5) is 0 Å². The minimum absolute atomic E-state index is 0.127. The molecule has 2 fully saturated rings. The highest BCUT2D eigenvalue weighted by molar-refractivity contribution is 5.52. The maximum Gasteiger partial charge on any atom is 0.164 e. The van der Waals surface area contributed by atoms with Gasteiger partial charge >= 0.3 is 0 Å². The van der Waals surface area contributed by atoms with E-state index in [1.54, 1.807) is 7.11 Å². The van der Waals surface area contributed by atoms with E-state index < -0.39 is 0 Å². The molecule has 26 heavy (non-hydrogen) atoms. The largest absolute Gasteiger partial charge is 0.496 e. The number of ether oxygens (including phenoxy) is 4. The Morgan fingerprint density at radius 2 is 1.81 bits per heavy atom. The molecule has 5 nitrogen and oxygen atoms in total. The average Bonchev–Trinajstić information content (AvgIpc) is 2.85. The van der Waals surface area contributed by atoms with E-state index in [0.29, 0.717) is 19.1 Å². The second-order valence-electron chi connectivity index (χ2n) is 8.49. The van der Waals surface area contributed by atoms with E-state index in [2.05, 4.69) is 20.8 Å². The Bertz CT molecular complexity index is 671. The molecule has 1 aromatic rings. The first-order chi connectivity index (χ1) is 12.4. The van der Waals surface area contributed by atoms with Crippen LogP contribution in [-0.4, -0.2) is 37.1 Å². The minimum Gasteiger partial charge on any atom is -0.496 e. The molecule has 5 heteroatoms. The van der Waals surface area contributed by atoms with Gasteiger partial charge in [-0.15, -0.1) is 0 Å². The zero-order valence-corrected chi connectivity index (χ0v) is 16.2. The first-order valence-corrected chi connectivity index (χ1v) is 9.74. The third-order valence-electron chi connectivity index (χ3n) is 6.57. The number of hydrogen-bond donors (Lipinski definition) is 1. The smallest absolute Gasteiger partial charge is 0.164 e. The Morgan fingerprint density at radius 3 is 2.50 bits per heavy atom. The molecule has 1 aliphatic carbocycles. The van der Waals surface area contributed by atoms with Gasteiger partial charge in [-0.25, -0.2) is 0 Å². The average molecular weight is 362 g/mol. The van der Waals surface area contributed by atoms with E-state index >= 15 is 0 Å². The molecule has 144 valence electrons. The summed E-state index contributed by atoms with van der Waals surface area (Å²) in [6.45, 7) is 7.71. The van der Waals surface area contributed by atoms with Gasteiger partial charge in [-0.2, -0.15) is 0 Å². The molecule has 0 amide bonds. The van der Waals surface area contributed by atoms with E-state index in [0.717, 1.165) is 42.1 Å². The lowest BCUT2D eigenvalue weighted by atomic mass is 9.63. The Morgan fingerprint density at radius 1 is 1.12 bits per heavy atom. The Kier molecular flexibility index (Phi) is 4.56. The lowest BCUT2D eigenvalue weighted by Gasteiger charge is -2.53. The fraction of sp³-hybridized carbons (Fsp3) is 0.714. The highest BCUT2D eigenvalue weighted by Crippen LogP contribution is 2.55. The summed E-state index contributed by atoms with van der Waals surface area (Å²) < 4.78 is 24.0. The molecule has 1 saturated carbocycles. The SMILES string of the molecule is COc1cc2c(cc1[C@@H]1OC(C)(C)[C@H]3C[C@H]1[C@H](C)[C@@H](O)C3)OCCCO2. The molecule has 2 aliphatic heterocycles. The molecule has 1 aromatic carbocycles. The molecule has 4 rings (SSSR count). The van der Waals surface area contributed by atoms with Gasteiger partial charge in [0.1, 0.15) is 5.75 Å². The third kappa shape index (κ3) is 2.95. The highest BCUT2D eigenvalue weighted by atomic mass is 16.5. The van der Waals surface area contributed by atoms with Gasteiger partial charge in [0.05, 0.1) is 38.1 Å². The molecule has 1 N–H and O–H groups in total. The van der Waals surface area contributed by atoms with Gasteiger partial charge < -0.3 is 24.1 Å². The van der Waals surface area contributed by atoms with Crippen LogP contribution in [-0.2, 0) is 4.74 Å². The van der Waals surface area contributed by atoms with Crippen LogP contribution < -0.4 is 14.2 Å². The second kappa shape index (κ2) is 6.61. The molecule has 3 aliphatic rings. The van der Waals surface area contributed by atoms with Crippen LogP contribution in [0.15, 0.2) is 12.1 Å². The van der Waals surface area contributed by atoms with Crippen molar-refractivity contribution in [2.24, 2.45) is 17.8 Å². The fourth-order valence-electron chi connectivity index (χ4n) is 4.81. The summed E-state index contributed by atoms with van der Waals surface area (Å²) in [5.41, 5.74) is 0.714. The van der Waals surface area contributed by atoms with Crippen molar-refractivity contribution in [3.05, 3.63) is 17.7 Å². The summed E-state index contributed by atoms with van der Waals surface area (Å²) >= 11 is 0. The third-order valence-corrected chi connectivity index (χ3v) is 6.57. The van der Waals surface area contributed by atoms with Gasteiger partial charge in [-0.3, -0.25) is 0 Å². The normalized spacial score (nSPS) is 35.5. The summed E-state index contributed by atoms with van der Waals surface area (Å²) in [5.74, 6) is 3.07. The van der Waals surface area contributed by atoms with Crippen LogP contribution in [0.5, 0.6) is 17.2 Å². The van der Waals surface area contributed by atoms with Crippen molar-refractivity contribution in [3.8, 4) is 17.2 Å². The van der Waals surface area contributed by atoms with Crippen LogP contribution in [0, 0.1) is 17.8 Å². The molecule has 0 spiro atoms. The molecule has 0 unspecified atom stereocenters. The van der Waals surface area contributed by atoms with Crippen molar-refractivity contribution in [1.82, 2.24) is 0 Å². The summed E-state index contributed by atoms with van der Waals surface area (Å²) in [5, 5.41) is 10.6. The van der Waals surface area contributed by atoms with Crippen molar-refractivity contribution in [1.29, 1.82) is 0 Å². The van der Waals surface area contributed by atoms with Crippen LogP contribution in [0.2, 0.25) is 0 Å². The van der Waals surface area contributed by atoms with E-state index in [1.807, 2.05) is 12.1 Å². The summed E-state index contributed by atoms with van der Waals surface area (Å²) in [4.78, 5) is 0. The van der Waals surface area contributed by atoms with Crippen molar-refractivity contribution >= 4 is 0 Å². The van der Waals surface area contributed by atoms with Crippen LogP contribution >= 0.6 is 0 Å². The summed E-state index contributed by atoms with van der Waals surface area (Å²) in [7, 11) is 1.68. The van der Waals surface area contributed by atoms with E-state index in [9.17, 15) is 5.11 Å². The number of fused-ring (bicyclic) bond motifs is 3. The zero-order valence-electron chi connectivity index (χ0n) is 16.2. The van der Waals surface area contributed by atoms with Crippen molar-refractivity contribution < 1.29 is 24.1 Å². The molecule has 2 bridgehead atoms. The molecular weight excluding hydrogens is 332 g/mol. The van der Waals surface area contributed by atoms with Gasteiger partial charge in [-0.05, 0) is 50.5 Å². The van der Waals surface area contributed by atoms with Crippen molar-refractivity contribution in [2.45, 2.75) is 57.8 Å². The minimum atomic E-state index is -0.282.